The molecule has 0 radical (unpaired) electrons. The number of alkyl halides is 1. The zero-order valence-electron chi connectivity index (χ0n) is 22.9. The Labute approximate surface area is 215 Å². The van der Waals surface area contributed by atoms with E-state index in [0.29, 0.717) is 17.3 Å². The first-order valence-corrected chi connectivity index (χ1v) is 15.0. The number of hydrogen-bond acceptors (Lipinski definition) is 2. The molecule has 3 saturated carbocycles. The Morgan fingerprint density at radius 3 is 2.53 bits per heavy atom. The van der Waals surface area contributed by atoms with E-state index in [9.17, 15) is 4.79 Å². The summed E-state index contributed by atoms with van der Waals surface area (Å²) in [5, 5.41) is -0.152. The number of halogens is 1. The summed E-state index contributed by atoms with van der Waals surface area (Å²) >= 11 is 6.01. The Balaban J connectivity index is 1.42. The fourth-order valence-corrected chi connectivity index (χ4v) is 9.34. The summed E-state index contributed by atoms with van der Waals surface area (Å²) in [6, 6.07) is 0. The minimum Gasteiger partial charge on any atom is -0.462 e. The van der Waals surface area contributed by atoms with Gasteiger partial charge in [0.1, 0.15) is 6.10 Å². The van der Waals surface area contributed by atoms with Crippen molar-refractivity contribution in [1.82, 2.24) is 0 Å². The van der Waals surface area contributed by atoms with Crippen molar-refractivity contribution in [2.75, 3.05) is 0 Å². The van der Waals surface area contributed by atoms with E-state index in [1.54, 1.807) is 5.57 Å². The molecule has 0 aromatic rings. The quantitative estimate of drug-likeness (QED) is 0.193. The van der Waals surface area contributed by atoms with Crippen LogP contribution in [0.3, 0.4) is 0 Å². The van der Waals surface area contributed by atoms with Crippen molar-refractivity contribution >= 4 is 17.6 Å². The lowest BCUT2D eigenvalue weighted by Crippen LogP contribution is -2.51. The van der Waals surface area contributed by atoms with Crippen molar-refractivity contribution in [3.63, 3.8) is 0 Å². The average molecular weight is 491 g/mol. The molecule has 4 rings (SSSR count). The maximum Gasteiger partial charge on any atom is 0.307 e. The summed E-state index contributed by atoms with van der Waals surface area (Å²) < 4.78 is 5.84. The minimum absolute atomic E-state index is 0.0511. The van der Waals surface area contributed by atoms with Gasteiger partial charge in [0.05, 0.1) is 6.42 Å². The molecule has 0 heterocycles. The highest BCUT2D eigenvalue weighted by Crippen LogP contribution is 2.67. The number of ether oxygens (including phenoxy) is 1. The first-order chi connectivity index (χ1) is 16.0. The molecule has 0 aromatic carbocycles. The van der Waals surface area contributed by atoms with Crippen molar-refractivity contribution in [1.29, 1.82) is 0 Å². The van der Waals surface area contributed by atoms with Gasteiger partial charge in [-0.3, -0.25) is 4.79 Å². The van der Waals surface area contributed by atoms with Gasteiger partial charge in [0.15, 0.2) is 0 Å². The van der Waals surface area contributed by atoms with Gasteiger partial charge in [0, 0.05) is 11.8 Å². The second-order valence-electron chi connectivity index (χ2n) is 13.6. The molecule has 3 heteroatoms. The zero-order valence-corrected chi connectivity index (χ0v) is 23.6. The van der Waals surface area contributed by atoms with Gasteiger partial charge in [-0.15, -0.1) is 11.6 Å². The molecule has 4 aliphatic carbocycles. The normalized spacial score (nSPS) is 41.2. The van der Waals surface area contributed by atoms with Crippen LogP contribution in [-0.4, -0.2) is 17.5 Å². The summed E-state index contributed by atoms with van der Waals surface area (Å²) in [7, 11) is 0. The van der Waals surface area contributed by atoms with Crippen molar-refractivity contribution in [2.24, 2.45) is 46.3 Å². The van der Waals surface area contributed by atoms with E-state index in [1.807, 2.05) is 6.92 Å². The van der Waals surface area contributed by atoms with Crippen LogP contribution in [0.15, 0.2) is 11.6 Å². The molecule has 3 fully saturated rings. The molecule has 9 atom stereocenters. The fraction of sp³-hybridized carbons (Fsp3) is 0.903. The van der Waals surface area contributed by atoms with E-state index in [-0.39, 0.29) is 17.5 Å². The third-order valence-electron chi connectivity index (χ3n) is 11.0. The van der Waals surface area contributed by atoms with E-state index < -0.39 is 0 Å². The molecular weight excluding hydrogens is 440 g/mol. The van der Waals surface area contributed by atoms with Crippen LogP contribution in [-0.2, 0) is 9.53 Å². The predicted molar refractivity (Wildman–Crippen MR) is 143 cm³/mol. The zero-order chi connectivity index (χ0) is 24.7. The van der Waals surface area contributed by atoms with E-state index in [4.69, 9.17) is 16.3 Å². The third kappa shape index (κ3) is 5.14. The summed E-state index contributed by atoms with van der Waals surface area (Å²) in [6.45, 7) is 14.4. The maximum absolute atomic E-state index is 12.2. The molecule has 194 valence electrons. The van der Waals surface area contributed by atoms with E-state index in [1.165, 1.54) is 57.8 Å². The van der Waals surface area contributed by atoms with Gasteiger partial charge in [0.2, 0.25) is 0 Å². The number of fused-ring (bicyclic) bond motifs is 5. The summed E-state index contributed by atoms with van der Waals surface area (Å²) in [5.41, 5.74) is 2.45. The maximum atomic E-state index is 12.2. The van der Waals surface area contributed by atoms with Crippen molar-refractivity contribution < 1.29 is 9.53 Å². The van der Waals surface area contributed by atoms with Crippen LogP contribution in [0.5, 0.6) is 0 Å². The lowest BCUT2D eigenvalue weighted by molar-refractivity contribution is -0.151. The van der Waals surface area contributed by atoms with Gasteiger partial charge < -0.3 is 4.74 Å². The highest BCUT2D eigenvalue weighted by molar-refractivity contribution is 6.21. The fourth-order valence-electron chi connectivity index (χ4n) is 9.22. The topological polar surface area (TPSA) is 26.3 Å². The lowest BCUT2D eigenvalue weighted by atomic mass is 9.47. The van der Waals surface area contributed by atoms with Gasteiger partial charge in [0.25, 0.3) is 0 Å². The molecule has 0 bridgehead atoms. The first-order valence-electron chi connectivity index (χ1n) is 14.6. The Kier molecular flexibility index (Phi) is 8.18. The van der Waals surface area contributed by atoms with Gasteiger partial charge >= 0.3 is 5.97 Å². The molecular formula is C31H51ClO2. The monoisotopic (exact) mass is 490 g/mol. The molecule has 0 aliphatic heterocycles. The Bertz CT molecular complexity index is 757. The van der Waals surface area contributed by atoms with Crippen molar-refractivity contribution in [3.05, 3.63) is 11.6 Å². The van der Waals surface area contributed by atoms with Gasteiger partial charge in [-0.25, -0.2) is 0 Å². The molecule has 0 spiro atoms. The van der Waals surface area contributed by atoms with Crippen LogP contribution in [0.2, 0.25) is 0 Å². The SMILES string of the molecule is CC(C)CCCC(C)C1CCC2C3CC=C4CC(OC(=O)CC(C)Cl)CCC4(C)C3CCC12C. The standard InChI is InChI=1S/C31H51ClO2/c1-20(2)8-7-9-21(3)26-12-13-27-25-11-10-23-19-24(34-29(33)18-22(4)32)14-16-30(23,5)28(25)15-17-31(26,27)6/h10,20-22,24-28H,7-9,11-19H2,1-6H3. The number of allylic oxidation sites excluding steroid dienone is 1. The summed E-state index contributed by atoms with van der Waals surface area (Å²) in [5.74, 6) is 5.08. The highest BCUT2D eigenvalue weighted by Gasteiger charge is 2.59. The first kappa shape index (κ1) is 26.6. The van der Waals surface area contributed by atoms with Crippen LogP contribution in [0.4, 0.5) is 0 Å². The molecule has 34 heavy (non-hydrogen) atoms. The number of hydrogen-bond donors (Lipinski definition) is 0. The Morgan fingerprint density at radius 1 is 1.06 bits per heavy atom. The number of esters is 1. The molecule has 0 saturated heterocycles. The molecule has 0 N–H and O–H groups in total. The van der Waals surface area contributed by atoms with Crippen LogP contribution in [0.25, 0.3) is 0 Å². The highest BCUT2D eigenvalue weighted by atomic mass is 35.5. The van der Waals surface area contributed by atoms with E-state index in [0.717, 1.165) is 48.3 Å². The minimum atomic E-state index is -0.152. The third-order valence-corrected chi connectivity index (χ3v) is 11.2. The lowest BCUT2D eigenvalue weighted by Gasteiger charge is -2.58. The second kappa shape index (κ2) is 10.5. The Hall–Kier alpha value is -0.500. The second-order valence-corrected chi connectivity index (χ2v) is 14.4. The summed E-state index contributed by atoms with van der Waals surface area (Å²) in [6.07, 6.45) is 17.3. The van der Waals surface area contributed by atoms with Gasteiger partial charge in [-0.05, 0) is 98.2 Å². The molecule has 2 nitrogen and oxygen atoms in total. The smallest absolute Gasteiger partial charge is 0.307 e. The number of carbonyl (C=O) groups excluding carboxylic acids is 1. The van der Waals surface area contributed by atoms with Gasteiger partial charge in [-0.2, -0.15) is 0 Å². The number of rotatable bonds is 8. The van der Waals surface area contributed by atoms with E-state index in [2.05, 4.69) is 40.7 Å². The predicted octanol–water partition coefficient (Wildman–Crippen LogP) is 8.96. The van der Waals surface area contributed by atoms with Crippen LogP contribution in [0.1, 0.15) is 119 Å². The largest absolute Gasteiger partial charge is 0.462 e. The average Bonchev–Trinajstić information content (AvgIpc) is 3.10. The molecule has 0 amide bonds. The van der Waals surface area contributed by atoms with Crippen LogP contribution >= 0.6 is 11.6 Å². The van der Waals surface area contributed by atoms with Crippen molar-refractivity contribution in [2.45, 2.75) is 130 Å². The Morgan fingerprint density at radius 2 is 1.82 bits per heavy atom. The van der Waals surface area contributed by atoms with E-state index >= 15 is 0 Å². The summed E-state index contributed by atoms with van der Waals surface area (Å²) in [4.78, 5) is 12.2. The van der Waals surface area contributed by atoms with Crippen LogP contribution < -0.4 is 0 Å². The number of carbonyl (C=O) groups is 1. The molecule has 0 aromatic heterocycles. The van der Waals surface area contributed by atoms with Crippen molar-refractivity contribution in [3.8, 4) is 0 Å². The van der Waals surface area contributed by atoms with Gasteiger partial charge in [-0.1, -0.05) is 65.5 Å². The van der Waals surface area contributed by atoms with Crippen LogP contribution in [0, 0.1) is 46.3 Å². The molecule has 4 aliphatic rings. The molecule has 9 unspecified atom stereocenters.